The molecule has 0 spiro atoms. The summed E-state index contributed by atoms with van der Waals surface area (Å²) >= 11 is 0. The molecule has 0 bridgehead atoms. The molecule has 28 heavy (non-hydrogen) atoms. The molecule has 1 aromatic heterocycles. The Kier molecular flexibility index (Phi) is 8.58. The highest BCUT2D eigenvalue weighted by Gasteiger charge is 2.09. The van der Waals surface area contributed by atoms with Gasteiger partial charge >= 0.3 is 0 Å². The number of guanidine groups is 1. The molecule has 8 nitrogen and oxygen atoms in total. The molecule has 0 unspecified atom stereocenters. The standard InChI is InChI=1S/C20H32N6O2/c1-6-19-24-23-15-26(19)13-11-22-20(21-7-2)25(3)12-10-16-8-9-17(27-4)18(14-16)28-5/h8-9,14-15H,6-7,10-13H2,1-5H3,(H,21,22). The van der Waals surface area contributed by atoms with Crippen LogP contribution in [0, 0.1) is 0 Å². The van der Waals surface area contributed by atoms with E-state index >= 15 is 0 Å². The zero-order valence-electron chi connectivity index (χ0n) is 17.6. The van der Waals surface area contributed by atoms with Crippen molar-refractivity contribution in [3.63, 3.8) is 0 Å². The van der Waals surface area contributed by atoms with E-state index in [4.69, 9.17) is 14.5 Å². The third kappa shape index (κ3) is 5.87. The fraction of sp³-hybridized carbons (Fsp3) is 0.550. The van der Waals surface area contributed by atoms with Gasteiger partial charge in [0.25, 0.3) is 0 Å². The number of likely N-dealkylation sites (N-methyl/N-ethyl adjacent to an activating group) is 1. The van der Waals surface area contributed by atoms with Crippen molar-refractivity contribution in [1.29, 1.82) is 0 Å². The quantitative estimate of drug-likeness (QED) is 0.496. The maximum absolute atomic E-state index is 5.39. The van der Waals surface area contributed by atoms with E-state index in [-0.39, 0.29) is 0 Å². The lowest BCUT2D eigenvalue weighted by molar-refractivity contribution is 0.354. The van der Waals surface area contributed by atoms with Crippen LogP contribution in [0.2, 0.25) is 0 Å². The molecule has 1 aromatic carbocycles. The molecular weight excluding hydrogens is 356 g/mol. The SMILES string of the molecule is CCNC(=NCCn1cnnc1CC)N(C)CCc1ccc(OC)c(OC)c1. The van der Waals surface area contributed by atoms with Crippen molar-refractivity contribution < 1.29 is 9.47 Å². The minimum absolute atomic E-state index is 0.675. The van der Waals surface area contributed by atoms with Crippen LogP contribution in [0.4, 0.5) is 0 Å². The Labute approximate surface area is 167 Å². The highest BCUT2D eigenvalue weighted by Crippen LogP contribution is 2.27. The van der Waals surface area contributed by atoms with Crippen LogP contribution in [0.25, 0.3) is 0 Å². The van der Waals surface area contributed by atoms with Gasteiger partial charge in [-0.05, 0) is 31.0 Å². The van der Waals surface area contributed by atoms with E-state index < -0.39 is 0 Å². The molecular formula is C20H32N6O2. The highest BCUT2D eigenvalue weighted by molar-refractivity contribution is 5.79. The summed E-state index contributed by atoms with van der Waals surface area (Å²) < 4.78 is 12.7. The summed E-state index contributed by atoms with van der Waals surface area (Å²) in [6, 6.07) is 6.03. The van der Waals surface area contributed by atoms with Crippen molar-refractivity contribution in [2.45, 2.75) is 33.2 Å². The Bertz CT molecular complexity index is 759. The second-order valence-corrected chi connectivity index (χ2v) is 6.39. The molecule has 1 N–H and O–H groups in total. The van der Waals surface area contributed by atoms with Gasteiger partial charge in [-0.1, -0.05) is 13.0 Å². The van der Waals surface area contributed by atoms with Gasteiger partial charge in [-0.3, -0.25) is 4.99 Å². The summed E-state index contributed by atoms with van der Waals surface area (Å²) in [6.45, 7) is 7.27. The summed E-state index contributed by atoms with van der Waals surface area (Å²) in [7, 11) is 5.36. The molecule has 0 aliphatic carbocycles. The second-order valence-electron chi connectivity index (χ2n) is 6.39. The van der Waals surface area contributed by atoms with Crippen LogP contribution < -0.4 is 14.8 Å². The number of aryl methyl sites for hydroxylation is 1. The van der Waals surface area contributed by atoms with E-state index in [0.29, 0.717) is 6.54 Å². The number of ether oxygens (including phenoxy) is 2. The topological polar surface area (TPSA) is 76.8 Å². The van der Waals surface area contributed by atoms with Gasteiger partial charge < -0.3 is 24.3 Å². The fourth-order valence-electron chi connectivity index (χ4n) is 2.91. The normalized spacial score (nSPS) is 11.4. The molecule has 8 heteroatoms. The van der Waals surface area contributed by atoms with E-state index in [9.17, 15) is 0 Å². The number of aromatic nitrogens is 3. The number of hydrogen-bond donors (Lipinski definition) is 1. The largest absolute Gasteiger partial charge is 0.493 e. The van der Waals surface area contributed by atoms with Crippen molar-refractivity contribution in [3.8, 4) is 11.5 Å². The van der Waals surface area contributed by atoms with Crippen molar-refractivity contribution in [3.05, 3.63) is 35.9 Å². The number of nitrogens with one attached hydrogen (secondary N) is 1. The Hall–Kier alpha value is -2.77. The number of benzene rings is 1. The van der Waals surface area contributed by atoms with Crippen LogP contribution in [0.5, 0.6) is 11.5 Å². The Morgan fingerprint density at radius 2 is 2.00 bits per heavy atom. The van der Waals surface area contributed by atoms with Gasteiger partial charge in [0.15, 0.2) is 17.5 Å². The maximum atomic E-state index is 5.39. The lowest BCUT2D eigenvalue weighted by Gasteiger charge is -2.22. The van der Waals surface area contributed by atoms with Crippen LogP contribution in [0.15, 0.2) is 29.5 Å². The first-order chi connectivity index (χ1) is 13.6. The zero-order valence-corrected chi connectivity index (χ0v) is 17.6. The predicted molar refractivity (Wildman–Crippen MR) is 111 cm³/mol. The first kappa shape index (κ1) is 21.5. The molecule has 2 aromatic rings. The van der Waals surface area contributed by atoms with Gasteiger partial charge in [0.05, 0.1) is 20.8 Å². The minimum atomic E-state index is 0.675. The molecule has 0 saturated heterocycles. The molecule has 0 aliphatic heterocycles. The third-order valence-electron chi connectivity index (χ3n) is 4.49. The van der Waals surface area contributed by atoms with Gasteiger partial charge in [-0.25, -0.2) is 0 Å². The molecule has 0 amide bonds. The third-order valence-corrected chi connectivity index (χ3v) is 4.49. The molecule has 0 radical (unpaired) electrons. The summed E-state index contributed by atoms with van der Waals surface area (Å²) in [6.07, 6.45) is 3.52. The second kappa shape index (κ2) is 11.2. The first-order valence-corrected chi connectivity index (χ1v) is 9.69. The predicted octanol–water partition coefficient (Wildman–Crippen LogP) is 2.00. The molecule has 0 atom stereocenters. The van der Waals surface area contributed by atoms with E-state index in [2.05, 4.69) is 51.9 Å². The van der Waals surface area contributed by atoms with Crippen LogP contribution >= 0.6 is 0 Å². The van der Waals surface area contributed by atoms with Gasteiger partial charge in [0.1, 0.15) is 12.2 Å². The number of hydrogen-bond acceptors (Lipinski definition) is 5. The monoisotopic (exact) mass is 388 g/mol. The average molecular weight is 389 g/mol. The minimum Gasteiger partial charge on any atom is -0.493 e. The fourth-order valence-corrected chi connectivity index (χ4v) is 2.91. The van der Waals surface area contributed by atoms with Crippen LogP contribution in [-0.2, 0) is 19.4 Å². The molecule has 154 valence electrons. The number of aliphatic imine (C=N–C) groups is 1. The van der Waals surface area contributed by atoms with Crippen molar-refractivity contribution in [2.24, 2.45) is 4.99 Å². The van der Waals surface area contributed by atoms with Gasteiger partial charge in [0.2, 0.25) is 0 Å². The van der Waals surface area contributed by atoms with Crippen LogP contribution in [0.3, 0.4) is 0 Å². The molecule has 2 rings (SSSR count). The molecule has 0 fully saturated rings. The van der Waals surface area contributed by atoms with Gasteiger partial charge in [-0.2, -0.15) is 0 Å². The van der Waals surface area contributed by atoms with Crippen LogP contribution in [0.1, 0.15) is 25.2 Å². The van der Waals surface area contributed by atoms with E-state index in [1.807, 2.05) is 12.1 Å². The van der Waals surface area contributed by atoms with E-state index in [0.717, 1.165) is 55.8 Å². The van der Waals surface area contributed by atoms with Crippen LogP contribution in [-0.4, -0.2) is 66.5 Å². The van der Waals surface area contributed by atoms with Gasteiger partial charge in [0, 0.05) is 33.1 Å². The first-order valence-electron chi connectivity index (χ1n) is 9.69. The Morgan fingerprint density at radius 3 is 2.68 bits per heavy atom. The zero-order chi connectivity index (χ0) is 20.4. The molecule has 0 aliphatic rings. The number of rotatable bonds is 10. The number of nitrogens with zero attached hydrogens (tertiary/aromatic N) is 5. The van der Waals surface area contributed by atoms with E-state index in [1.165, 1.54) is 5.56 Å². The summed E-state index contributed by atoms with van der Waals surface area (Å²) in [5.41, 5.74) is 1.19. The molecule has 0 saturated carbocycles. The van der Waals surface area contributed by atoms with Gasteiger partial charge in [-0.15, -0.1) is 10.2 Å². The maximum Gasteiger partial charge on any atom is 0.193 e. The van der Waals surface area contributed by atoms with Crippen molar-refractivity contribution in [2.75, 3.05) is 40.9 Å². The average Bonchev–Trinajstić information content (AvgIpc) is 3.18. The van der Waals surface area contributed by atoms with Crippen molar-refractivity contribution in [1.82, 2.24) is 25.0 Å². The Morgan fingerprint density at radius 1 is 1.21 bits per heavy atom. The Balaban J connectivity index is 1.95. The highest BCUT2D eigenvalue weighted by atomic mass is 16.5. The smallest absolute Gasteiger partial charge is 0.193 e. The lowest BCUT2D eigenvalue weighted by Crippen LogP contribution is -2.40. The summed E-state index contributed by atoms with van der Waals surface area (Å²) in [5.74, 6) is 3.38. The lowest BCUT2D eigenvalue weighted by atomic mass is 10.1. The summed E-state index contributed by atoms with van der Waals surface area (Å²) in [5, 5.41) is 11.4. The summed E-state index contributed by atoms with van der Waals surface area (Å²) in [4.78, 5) is 6.89. The van der Waals surface area contributed by atoms with E-state index in [1.54, 1.807) is 20.5 Å². The van der Waals surface area contributed by atoms with Crippen molar-refractivity contribution >= 4 is 5.96 Å². The number of methoxy groups -OCH3 is 2. The molecule has 1 heterocycles.